The maximum absolute atomic E-state index is 5.16. The van der Waals surface area contributed by atoms with Gasteiger partial charge in [0, 0.05) is 39.6 Å². The largest absolute Gasteiger partial charge is 0.363 e. The number of rotatable bonds is 9. The number of allylic oxidation sites excluding steroid dienone is 11. The molecule has 6 aromatic rings. The second kappa shape index (κ2) is 16.7. The third-order valence-corrected chi connectivity index (χ3v) is 13.0. The lowest BCUT2D eigenvalue weighted by Gasteiger charge is -2.29. The summed E-state index contributed by atoms with van der Waals surface area (Å²) in [5.74, 6) is 1.29. The smallest absolute Gasteiger partial charge is 0.134 e. The van der Waals surface area contributed by atoms with Crippen molar-refractivity contribution in [2.45, 2.75) is 51.0 Å². The molecule has 4 aliphatic carbocycles. The molecule has 1 aromatic heterocycles. The van der Waals surface area contributed by atoms with Crippen molar-refractivity contribution in [1.29, 1.82) is 0 Å². The Balaban J connectivity index is 0.856. The summed E-state index contributed by atoms with van der Waals surface area (Å²) in [5, 5.41) is 9.08. The van der Waals surface area contributed by atoms with Crippen molar-refractivity contribution in [2.75, 3.05) is 0 Å². The number of hydrogen-bond acceptors (Lipinski definition) is 3. The molecule has 4 heteroatoms. The highest BCUT2D eigenvalue weighted by molar-refractivity contribution is 6.03. The molecule has 0 saturated heterocycles. The average molecular weight is 803 g/mol. The summed E-state index contributed by atoms with van der Waals surface area (Å²) in [6.07, 6.45) is 32.4. The van der Waals surface area contributed by atoms with Crippen molar-refractivity contribution in [2.24, 2.45) is 10.9 Å². The van der Waals surface area contributed by atoms with Crippen molar-refractivity contribution in [1.82, 2.24) is 15.2 Å². The zero-order valence-electron chi connectivity index (χ0n) is 35.0. The molecule has 5 aromatic carbocycles. The summed E-state index contributed by atoms with van der Waals surface area (Å²) in [7, 11) is 0. The minimum atomic E-state index is 0.161. The van der Waals surface area contributed by atoms with Crippen LogP contribution in [0.2, 0.25) is 0 Å². The molecule has 2 heterocycles. The maximum atomic E-state index is 5.16. The molecule has 62 heavy (non-hydrogen) atoms. The minimum absolute atomic E-state index is 0.161. The van der Waals surface area contributed by atoms with Gasteiger partial charge in [-0.2, -0.15) is 0 Å². The summed E-state index contributed by atoms with van der Waals surface area (Å²) in [6.45, 7) is 0. The molecule has 302 valence electrons. The van der Waals surface area contributed by atoms with Crippen LogP contribution in [0, 0.1) is 5.92 Å². The van der Waals surface area contributed by atoms with Crippen LogP contribution in [0.5, 0.6) is 0 Å². The van der Waals surface area contributed by atoms with Gasteiger partial charge < -0.3 is 15.2 Å². The van der Waals surface area contributed by atoms with E-state index in [1.165, 1.54) is 72.6 Å². The van der Waals surface area contributed by atoms with E-state index in [1.807, 2.05) is 0 Å². The predicted molar refractivity (Wildman–Crippen MR) is 260 cm³/mol. The van der Waals surface area contributed by atoms with E-state index in [-0.39, 0.29) is 6.04 Å². The summed E-state index contributed by atoms with van der Waals surface area (Å²) < 4.78 is 2.45. The van der Waals surface area contributed by atoms with Crippen molar-refractivity contribution >= 4 is 39.7 Å². The quantitative estimate of drug-likeness (QED) is 0.153. The fourth-order valence-electron chi connectivity index (χ4n) is 9.81. The summed E-state index contributed by atoms with van der Waals surface area (Å²) in [6, 6.07) is 46.6. The highest BCUT2D eigenvalue weighted by Gasteiger charge is 2.25. The lowest BCUT2D eigenvalue weighted by Crippen LogP contribution is -2.41. The second-order valence-electron chi connectivity index (χ2n) is 17.0. The first kappa shape index (κ1) is 37.8. The van der Waals surface area contributed by atoms with Crippen LogP contribution < -0.4 is 10.6 Å². The third-order valence-electron chi connectivity index (χ3n) is 13.0. The number of para-hydroxylation sites is 1. The van der Waals surface area contributed by atoms with E-state index < -0.39 is 0 Å². The summed E-state index contributed by atoms with van der Waals surface area (Å²) in [4.78, 5) is 5.16. The van der Waals surface area contributed by atoms with E-state index in [0.717, 1.165) is 67.6 Å². The van der Waals surface area contributed by atoms with Gasteiger partial charge in [0.15, 0.2) is 0 Å². The molecule has 0 radical (unpaired) electrons. The average Bonchev–Trinajstić information content (AvgIpc) is 3.69. The Morgan fingerprint density at radius 3 is 2.26 bits per heavy atom. The molecule has 2 N–H and O–H groups in total. The molecule has 11 rings (SSSR count). The van der Waals surface area contributed by atoms with Gasteiger partial charge in [0.2, 0.25) is 0 Å². The van der Waals surface area contributed by atoms with Gasteiger partial charge in [-0.1, -0.05) is 146 Å². The fourth-order valence-corrected chi connectivity index (χ4v) is 9.81. The van der Waals surface area contributed by atoms with Crippen LogP contribution in [-0.4, -0.2) is 16.4 Å². The van der Waals surface area contributed by atoms with Crippen LogP contribution in [0.25, 0.3) is 50.6 Å². The second-order valence-corrected chi connectivity index (χ2v) is 17.0. The van der Waals surface area contributed by atoms with Crippen LogP contribution in [-0.2, 0) is 6.42 Å². The Hall–Kier alpha value is -7.17. The van der Waals surface area contributed by atoms with Gasteiger partial charge in [0.05, 0.1) is 17.3 Å². The Bertz CT molecular complexity index is 2960. The summed E-state index contributed by atoms with van der Waals surface area (Å²) >= 11 is 0. The van der Waals surface area contributed by atoms with Crippen LogP contribution in [0.3, 0.4) is 0 Å². The number of aromatic nitrogens is 1. The standard InChI is InChI=1S/C58H50N4/c1-4-16-41(17-5-1)54-39-55(42-18-6-2-7-19-42)61-58(60-54)43-32-30-40(31-33-43)44-20-14-22-47(36-44)50-26-10-12-28-53(50)59-48-23-15-21-45(37-48)46-34-35-52-51-27-11-13-29-56(51)62(57(52)38-46)49-24-8-3-9-25-49/h1-9,12-14,16-18,20-22,24-25,28-39,42,55,59H,10-11,15,19,23,26-27H2,(H,60,61). The van der Waals surface area contributed by atoms with Crippen LogP contribution >= 0.6 is 0 Å². The molecule has 0 amide bonds. The van der Waals surface area contributed by atoms with Gasteiger partial charge in [0.25, 0.3) is 0 Å². The lowest BCUT2D eigenvalue weighted by molar-refractivity contribution is 0.535. The number of fused-ring (bicyclic) bond motifs is 3. The zero-order valence-corrected chi connectivity index (χ0v) is 35.0. The Morgan fingerprint density at radius 2 is 1.40 bits per heavy atom. The SMILES string of the molecule is C1=CCC(C2C=C(c3ccccc3)N=C(c3ccc(-c4cccc(C5=C(NC6=CC(c7ccc8c9c(n(-c%10ccccc%10)c8c7)C=CCC9)=CCC6)C=CCC5)c4)cc3)N2)C=C1. The van der Waals surface area contributed by atoms with Crippen molar-refractivity contribution in [3.63, 3.8) is 0 Å². The normalized spacial score (nSPS) is 19.4. The van der Waals surface area contributed by atoms with Crippen molar-refractivity contribution in [3.05, 3.63) is 233 Å². The Kier molecular flexibility index (Phi) is 10.2. The van der Waals surface area contributed by atoms with Gasteiger partial charge in [-0.15, -0.1) is 0 Å². The first-order valence-electron chi connectivity index (χ1n) is 22.4. The lowest BCUT2D eigenvalue weighted by atomic mass is 9.90. The first-order valence-corrected chi connectivity index (χ1v) is 22.4. The topological polar surface area (TPSA) is 41.4 Å². The molecule has 0 spiro atoms. The molecule has 4 nitrogen and oxygen atoms in total. The van der Waals surface area contributed by atoms with Gasteiger partial charge in [-0.3, -0.25) is 0 Å². The Morgan fingerprint density at radius 1 is 0.629 bits per heavy atom. The van der Waals surface area contributed by atoms with Crippen LogP contribution in [0.4, 0.5) is 0 Å². The third kappa shape index (κ3) is 7.47. The minimum Gasteiger partial charge on any atom is -0.363 e. The van der Waals surface area contributed by atoms with Gasteiger partial charge >= 0.3 is 0 Å². The maximum Gasteiger partial charge on any atom is 0.134 e. The molecule has 2 atom stereocenters. The number of nitrogens with one attached hydrogen (secondary N) is 2. The van der Waals surface area contributed by atoms with E-state index in [4.69, 9.17) is 4.99 Å². The molecule has 0 saturated carbocycles. The molecule has 2 unspecified atom stereocenters. The van der Waals surface area contributed by atoms with Crippen LogP contribution in [0.1, 0.15) is 72.0 Å². The van der Waals surface area contributed by atoms with E-state index in [2.05, 4.69) is 209 Å². The van der Waals surface area contributed by atoms with Gasteiger partial charge in [0.1, 0.15) is 5.84 Å². The van der Waals surface area contributed by atoms with Crippen molar-refractivity contribution in [3.8, 4) is 16.8 Å². The fraction of sp³-hybridized carbons (Fsp3) is 0.155. The molecule has 0 fully saturated rings. The number of aryl methyl sites for hydroxylation is 1. The van der Waals surface area contributed by atoms with Gasteiger partial charge in [-0.25, -0.2) is 4.99 Å². The number of hydrogen-bond donors (Lipinski definition) is 2. The molecule has 0 bridgehead atoms. The van der Waals surface area contributed by atoms with E-state index in [1.54, 1.807) is 0 Å². The summed E-state index contributed by atoms with van der Waals surface area (Å²) in [5.41, 5.74) is 18.6. The molecule has 1 aliphatic heterocycles. The van der Waals surface area contributed by atoms with E-state index in [0.29, 0.717) is 5.92 Å². The predicted octanol–water partition coefficient (Wildman–Crippen LogP) is 13.6. The molecular weight excluding hydrogens is 753 g/mol. The van der Waals surface area contributed by atoms with E-state index in [9.17, 15) is 0 Å². The highest BCUT2D eigenvalue weighted by Crippen LogP contribution is 2.38. The first-order chi connectivity index (χ1) is 30.7. The van der Waals surface area contributed by atoms with Crippen molar-refractivity contribution < 1.29 is 0 Å². The highest BCUT2D eigenvalue weighted by atomic mass is 15.1. The molecular formula is C58H50N4. The van der Waals surface area contributed by atoms with E-state index >= 15 is 0 Å². The zero-order chi connectivity index (χ0) is 41.2. The van der Waals surface area contributed by atoms with Crippen LogP contribution in [0.15, 0.2) is 205 Å². The number of aliphatic imine (C=N–C) groups is 1. The number of amidine groups is 1. The van der Waals surface area contributed by atoms with Gasteiger partial charge in [-0.05, 0) is 138 Å². The Labute approximate surface area is 365 Å². The number of benzene rings is 5. The monoisotopic (exact) mass is 802 g/mol. The molecule has 5 aliphatic rings. The number of nitrogens with zero attached hydrogens (tertiary/aromatic N) is 2.